The van der Waals surface area contributed by atoms with Crippen LogP contribution in [0.25, 0.3) is 0 Å². The number of hydrogen-bond donors (Lipinski definition) is 2. The van der Waals surface area contributed by atoms with Crippen LogP contribution in [0, 0.1) is 10.1 Å². The third-order valence-electron chi connectivity index (χ3n) is 2.07. The van der Waals surface area contributed by atoms with Gasteiger partial charge in [-0.05, 0) is 12.1 Å². The van der Waals surface area contributed by atoms with Crippen molar-refractivity contribution in [3.8, 4) is 0 Å². The van der Waals surface area contributed by atoms with Gasteiger partial charge in [0, 0.05) is 17.8 Å². The predicted octanol–water partition coefficient (Wildman–Crippen LogP) is 0.289. The van der Waals surface area contributed by atoms with E-state index in [9.17, 15) is 14.9 Å². The maximum absolute atomic E-state index is 11.5. The predicted molar refractivity (Wildman–Crippen MR) is 59.6 cm³/mol. The summed E-state index contributed by atoms with van der Waals surface area (Å²) in [5.41, 5.74) is 0.431. The van der Waals surface area contributed by atoms with Crippen molar-refractivity contribution in [3.63, 3.8) is 0 Å². The fraction of sp³-hybridized carbons (Fsp3) is 0.111. The number of benzene rings is 1. The second-order valence-corrected chi connectivity index (χ2v) is 3.36. The molecule has 92 valence electrons. The first kappa shape index (κ1) is 11.6. The molecule has 1 heterocycles. The standard InChI is InChI=1S/C9H8N6O3/c16-9(5-8-11-13-14-12-8)10-6-1-3-7(4-2-6)15(17)18/h1-4H,5H2,(H,10,16)(H,11,12,13,14). The van der Waals surface area contributed by atoms with Crippen LogP contribution in [0.4, 0.5) is 11.4 Å². The number of nitro benzene ring substituents is 1. The van der Waals surface area contributed by atoms with Crippen molar-refractivity contribution in [2.24, 2.45) is 0 Å². The first-order valence-electron chi connectivity index (χ1n) is 4.92. The lowest BCUT2D eigenvalue weighted by molar-refractivity contribution is -0.384. The summed E-state index contributed by atoms with van der Waals surface area (Å²) in [6.07, 6.45) is -0.0203. The molecule has 0 spiro atoms. The summed E-state index contributed by atoms with van der Waals surface area (Å²) >= 11 is 0. The molecule has 1 amide bonds. The number of nitrogens with one attached hydrogen (secondary N) is 2. The highest BCUT2D eigenvalue weighted by Crippen LogP contribution is 2.15. The minimum Gasteiger partial charge on any atom is -0.326 e. The largest absolute Gasteiger partial charge is 0.326 e. The molecule has 0 bridgehead atoms. The lowest BCUT2D eigenvalue weighted by Crippen LogP contribution is -2.15. The lowest BCUT2D eigenvalue weighted by Gasteiger charge is -2.02. The highest BCUT2D eigenvalue weighted by atomic mass is 16.6. The molecule has 9 heteroatoms. The smallest absolute Gasteiger partial charge is 0.269 e. The first-order chi connectivity index (χ1) is 8.65. The van der Waals surface area contributed by atoms with E-state index in [0.717, 1.165) is 0 Å². The molecule has 1 aromatic heterocycles. The molecule has 0 aliphatic heterocycles. The molecule has 2 N–H and O–H groups in total. The van der Waals surface area contributed by atoms with Crippen molar-refractivity contribution in [2.45, 2.75) is 6.42 Å². The van der Waals surface area contributed by atoms with E-state index in [1.54, 1.807) is 0 Å². The molecular weight excluding hydrogens is 240 g/mol. The number of amides is 1. The lowest BCUT2D eigenvalue weighted by atomic mass is 10.2. The number of anilines is 1. The van der Waals surface area contributed by atoms with E-state index in [1.165, 1.54) is 24.3 Å². The average molecular weight is 248 g/mol. The van der Waals surface area contributed by atoms with E-state index < -0.39 is 4.92 Å². The zero-order chi connectivity index (χ0) is 13.0. The molecule has 0 fully saturated rings. The molecule has 1 aromatic carbocycles. The topological polar surface area (TPSA) is 127 Å². The van der Waals surface area contributed by atoms with E-state index in [1.807, 2.05) is 0 Å². The molecule has 0 unspecified atom stereocenters. The zero-order valence-electron chi connectivity index (χ0n) is 9.03. The molecule has 18 heavy (non-hydrogen) atoms. The van der Waals surface area contributed by atoms with Gasteiger partial charge in [0.1, 0.15) is 0 Å². The quantitative estimate of drug-likeness (QED) is 0.591. The number of nitrogens with zero attached hydrogens (tertiary/aromatic N) is 4. The first-order valence-corrected chi connectivity index (χ1v) is 4.92. The molecule has 0 saturated carbocycles. The van der Waals surface area contributed by atoms with E-state index in [2.05, 4.69) is 25.9 Å². The van der Waals surface area contributed by atoms with Gasteiger partial charge in [0.2, 0.25) is 5.91 Å². The van der Waals surface area contributed by atoms with Gasteiger partial charge in [-0.3, -0.25) is 14.9 Å². The fourth-order valence-corrected chi connectivity index (χ4v) is 1.27. The number of carbonyl (C=O) groups is 1. The number of H-pyrrole nitrogens is 1. The fourth-order valence-electron chi connectivity index (χ4n) is 1.27. The van der Waals surface area contributed by atoms with Gasteiger partial charge in [-0.1, -0.05) is 5.21 Å². The monoisotopic (exact) mass is 248 g/mol. The van der Waals surface area contributed by atoms with Gasteiger partial charge in [-0.2, -0.15) is 5.21 Å². The summed E-state index contributed by atoms with van der Waals surface area (Å²) in [5, 5.41) is 25.8. The number of tetrazole rings is 1. The Morgan fingerprint density at radius 1 is 1.39 bits per heavy atom. The summed E-state index contributed by atoms with van der Waals surface area (Å²) in [7, 11) is 0. The molecular formula is C9H8N6O3. The zero-order valence-corrected chi connectivity index (χ0v) is 9.03. The number of carbonyl (C=O) groups excluding carboxylic acids is 1. The molecule has 0 aliphatic carbocycles. The van der Waals surface area contributed by atoms with Crippen LogP contribution < -0.4 is 5.32 Å². The van der Waals surface area contributed by atoms with Gasteiger partial charge in [-0.15, -0.1) is 10.2 Å². The van der Waals surface area contributed by atoms with Crippen molar-refractivity contribution in [1.82, 2.24) is 20.6 Å². The van der Waals surface area contributed by atoms with Crippen molar-refractivity contribution in [3.05, 3.63) is 40.2 Å². The van der Waals surface area contributed by atoms with Crippen LogP contribution >= 0.6 is 0 Å². The Bertz CT molecular complexity index is 550. The number of aromatic nitrogens is 4. The summed E-state index contributed by atoms with van der Waals surface area (Å²) < 4.78 is 0. The van der Waals surface area contributed by atoms with Crippen LogP contribution in [0.2, 0.25) is 0 Å². The Balaban J connectivity index is 1.97. The maximum atomic E-state index is 11.5. The van der Waals surface area contributed by atoms with Crippen LogP contribution in [0.1, 0.15) is 5.82 Å². The van der Waals surface area contributed by atoms with Gasteiger partial charge < -0.3 is 5.32 Å². The highest BCUT2D eigenvalue weighted by Gasteiger charge is 2.09. The van der Waals surface area contributed by atoms with Crippen LogP contribution in [-0.2, 0) is 11.2 Å². The SMILES string of the molecule is O=C(Cc1nn[nH]n1)Nc1ccc([N+](=O)[O-])cc1. The molecule has 2 aromatic rings. The van der Waals surface area contributed by atoms with Gasteiger partial charge in [0.15, 0.2) is 5.82 Å². The van der Waals surface area contributed by atoms with Gasteiger partial charge in [0.25, 0.3) is 5.69 Å². The maximum Gasteiger partial charge on any atom is 0.269 e. The average Bonchev–Trinajstić information content (AvgIpc) is 2.82. The van der Waals surface area contributed by atoms with Crippen molar-refractivity contribution in [2.75, 3.05) is 5.32 Å². The van der Waals surface area contributed by atoms with Gasteiger partial charge in [-0.25, -0.2) is 0 Å². The number of aromatic amines is 1. The van der Waals surface area contributed by atoms with E-state index in [-0.39, 0.29) is 23.8 Å². The third kappa shape index (κ3) is 2.84. The third-order valence-corrected chi connectivity index (χ3v) is 2.07. The molecule has 2 rings (SSSR count). The highest BCUT2D eigenvalue weighted by molar-refractivity contribution is 5.91. The van der Waals surface area contributed by atoms with Crippen LogP contribution in [-0.4, -0.2) is 31.5 Å². The molecule has 0 aliphatic rings. The number of nitro groups is 1. The number of rotatable bonds is 4. The van der Waals surface area contributed by atoms with Crippen LogP contribution in [0.3, 0.4) is 0 Å². The van der Waals surface area contributed by atoms with E-state index >= 15 is 0 Å². The van der Waals surface area contributed by atoms with E-state index in [4.69, 9.17) is 0 Å². The van der Waals surface area contributed by atoms with E-state index in [0.29, 0.717) is 5.69 Å². The number of hydrogen-bond acceptors (Lipinski definition) is 6. The minimum absolute atomic E-state index is 0.0203. The number of non-ortho nitro benzene ring substituents is 1. The van der Waals surface area contributed by atoms with Crippen molar-refractivity contribution < 1.29 is 9.72 Å². The second kappa shape index (κ2) is 4.99. The summed E-state index contributed by atoms with van der Waals surface area (Å²) in [5.74, 6) is -0.0559. The van der Waals surface area contributed by atoms with Crippen LogP contribution in [0.5, 0.6) is 0 Å². The minimum atomic E-state index is -0.509. The summed E-state index contributed by atoms with van der Waals surface area (Å²) in [6, 6.07) is 5.52. The Labute approximate surface area is 100 Å². The Morgan fingerprint density at radius 3 is 2.67 bits per heavy atom. The van der Waals surface area contributed by atoms with Crippen molar-refractivity contribution in [1.29, 1.82) is 0 Å². The summed E-state index contributed by atoms with van der Waals surface area (Å²) in [4.78, 5) is 21.5. The normalized spacial score (nSPS) is 10.0. The Morgan fingerprint density at radius 2 is 2.11 bits per heavy atom. The molecule has 9 nitrogen and oxygen atoms in total. The van der Waals surface area contributed by atoms with Gasteiger partial charge >= 0.3 is 0 Å². The molecule has 0 saturated heterocycles. The van der Waals surface area contributed by atoms with Crippen molar-refractivity contribution >= 4 is 17.3 Å². The van der Waals surface area contributed by atoms with Gasteiger partial charge in [0.05, 0.1) is 11.3 Å². The summed E-state index contributed by atoms with van der Waals surface area (Å²) in [6.45, 7) is 0. The van der Waals surface area contributed by atoms with Crippen LogP contribution in [0.15, 0.2) is 24.3 Å². The molecule has 0 radical (unpaired) electrons. The Kier molecular flexibility index (Phi) is 3.23. The molecule has 0 atom stereocenters. The second-order valence-electron chi connectivity index (χ2n) is 3.36. The Hall–Kier alpha value is -2.84.